The van der Waals surface area contributed by atoms with Crippen molar-refractivity contribution in [2.24, 2.45) is 5.10 Å². The van der Waals surface area contributed by atoms with Crippen LogP contribution < -0.4 is 10.3 Å². The molecule has 3 aromatic carbocycles. The molecule has 0 spiro atoms. The number of aromatic nitrogens is 2. The summed E-state index contributed by atoms with van der Waals surface area (Å²) < 4.78 is 17.6. The van der Waals surface area contributed by atoms with Crippen LogP contribution in [0.15, 0.2) is 87.1 Å². The van der Waals surface area contributed by atoms with E-state index in [9.17, 15) is 19.7 Å². The molecule has 196 valence electrons. The highest BCUT2D eigenvalue weighted by atomic mass is 16.6. The first kappa shape index (κ1) is 25.3. The number of rotatable bonds is 8. The molecule has 0 bridgehead atoms. The van der Waals surface area contributed by atoms with Crippen molar-refractivity contribution in [2.45, 2.75) is 20.0 Å². The van der Waals surface area contributed by atoms with Crippen LogP contribution in [-0.4, -0.2) is 39.5 Å². The van der Waals surface area contributed by atoms with Crippen LogP contribution >= 0.6 is 0 Å². The van der Waals surface area contributed by atoms with Crippen molar-refractivity contribution in [3.63, 3.8) is 0 Å². The lowest BCUT2D eigenvalue weighted by molar-refractivity contribution is -0.385. The van der Waals surface area contributed by atoms with Crippen LogP contribution in [0.5, 0.6) is 5.75 Å². The summed E-state index contributed by atoms with van der Waals surface area (Å²) in [6.07, 6.45) is 0.858. The summed E-state index contributed by atoms with van der Waals surface area (Å²) in [5.41, 5.74) is 0.371. The third-order valence-corrected chi connectivity index (χ3v) is 5.63. The molecule has 2 aromatic heterocycles. The van der Waals surface area contributed by atoms with E-state index in [-0.39, 0.29) is 28.9 Å². The summed E-state index contributed by atoms with van der Waals surface area (Å²) in [5, 5.41) is 17.2. The van der Waals surface area contributed by atoms with Gasteiger partial charge in [-0.05, 0) is 44.2 Å². The number of carbonyl (C=O) groups is 1. The lowest BCUT2D eigenvalue weighted by atomic mass is 10.2. The molecule has 39 heavy (non-hydrogen) atoms. The summed E-state index contributed by atoms with van der Waals surface area (Å²) in [7, 11) is 0. The fraction of sp³-hybridized carbons (Fsp3) is 0.143. The Morgan fingerprint density at radius 3 is 2.67 bits per heavy atom. The maximum absolute atomic E-state index is 13.5. The van der Waals surface area contributed by atoms with E-state index in [4.69, 9.17) is 13.9 Å². The van der Waals surface area contributed by atoms with E-state index in [1.807, 2.05) is 18.2 Å². The number of ether oxygens (including phenoxy) is 2. The third kappa shape index (κ3) is 5.23. The number of nitro groups is 1. The van der Waals surface area contributed by atoms with Crippen molar-refractivity contribution in [1.29, 1.82) is 0 Å². The highest BCUT2D eigenvalue weighted by molar-refractivity contribution is 5.87. The number of nitro benzene ring substituents is 1. The van der Waals surface area contributed by atoms with Crippen LogP contribution in [0.1, 0.15) is 19.4 Å². The first-order valence-corrected chi connectivity index (χ1v) is 12.0. The number of para-hydroxylation sites is 3. The first-order chi connectivity index (χ1) is 18.8. The summed E-state index contributed by atoms with van der Waals surface area (Å²) in [6, 6.07) is 20.1. The third-order valence-electron chi connectivity index (χ3n) is 5.63. The molecule has 11 heteroatoms. The number of esters is 1. The number of furan rings is 1. The minimum Gasteiger partial charge on any atom is -0.474 e. The fourth-order valence-electron chi connectivity index (χ4n) is 3.98. The maximum atomic E-state index is 13.5. The van der Waals surface area contributed by atoms with E-state index in [2.05, 4.69) is 10.1 Å². The standard InChI is InChI=1S/C28H22N4O7/c1-17(2)38-25(33)16-37-26-19(9-7-12-22(26)32(35)36)15-29-31-27(24-14-18-8-3-6-13-23(18)39-24)30-21-11-5-4-10-20(21)28(31)34/h3-15,17H,16H2,1-2H3. The zero-order valence-electron chi connectivity index (χ0n) is 20.9. The fourth-order valence-corrected chi connectivity index (χ4v) is 3.98. The van der Waals surface area contributed by atoms with Crippen LogP contribution in [0.2, 0.25) is 0 Å². The second-order valence-corrected chi connectivity index (χ2v) is 8.74. The van der Waals surface area contributed by atoms with Crippen molar-refractivity contribution >= 4 is 39.7 Å². The zero-order valence-corrected chi connectivity index (χ0v) is 20.9. The van der Waals surface area contributed by atoms with Gasteiger partial charge in [0.2, 0.25) is 11.6 Å². The van der Waals surface area contributed by atoms with E-state index in [1.54, 1.807) is 50.2 Å². The molecule has 0 amide bonds. The van der Waals surface area contributed by atoms with Crippen molar-refractivity contribution in [3.8, 4) is 17.3 Å². The molecule has 0 fully saturated rings. The molecule has 0 N–H and O–H groups in total. The molecule has 0 saturated carbocycles. The van der Waals surface area contributed by atoms with Gasteiger partial charge in [0.05, 0.1) is 28.1 Å². The molecule has 5 rings (SSSR count). The number of hydrogen-bond donors (Lipinski definition) is 0. The highest BCUT2D eigenvalue weighted by Gasteiger charge is 2.21. The Hall–Kier alpha value is -5.32. The van der Waals surface area contributed by atoms with Crippen molar-refractivity contribution in [2.75, 3.05) is 6.61 Å². The highest BCUT2D eigenvalue weighted by Crippen LogP contribution is 2.31. The van der Waals surface area contributed by atoms with Gasteiger partial charge in [-0.3, -0.25) is 14.9 Å². The van der Waals surface area contributed by atoms with Gasteiger partial charge in [-0.2, -0.15) is 9.78 Å². The smallest absolute Gasteiger partial charge is 0.344 e. The largest absolute Gasteiger partial charge is 0.474 e. The van der Waals surface area contributed by atoms with E-state index in [0.29, 0.717) is 22.2 Å². The zero-order chi connectivity index (χ0) is 27.5. The molecule has 0 aliphatic carbocycles. The first-order valence-electron chi connectivity index (χ1n) is 12.0. The van der Waals surface area contributed by atoms with Gasteiger partial charge in [-0.15, -0.1) is 0 Å². The lowest BCUT2D eigenvalue weighted by Gasteiger charge is -2.11. The average molecular weight is 527 g/mol. The number of hydrogen-bond acceptors (Lipinski definition) is 9. The molecule has 0 unspecified atom stereocenters. The lowest BCUT2D eigenvalue weighted by Crippen LogP contribution is -2.21. The van der Waals surface area contributed by atoms with Gasteiger partial charge in [-0.25, -0.2) is 9.78 Å². The SMILES string of the molecule is CC(C)OC(=O)COc1c(C=Nn2c(-c3cc4ccccc4o3)nc3ccccc3c2=O)cccc1[N+](=O)[O-]. The Bertz CT molecular complexity index is 1770. The van der Waals surface area contributed by atoms with Crippen molar-refractivity contribution in [3.05, 3.63) is 98.8 Å². The quantitative estimate of drug-likeness (QED) is 0.120. The predicted octanol–water partition coefficient (Wildman–Crippen LogP) is 4.93. The van der Waals surface area contributed by atoms with Crippen LogP contribution in [0.25, 0.3) is 33.5 Å². The van der Waals surface area contributed by atoms with Crippen LogP contribution in [0.4, 0.5) is 5.69 Å². The minimum absolute atomic E-state index is 0.138. The number of carbonyl (C=O) groups excluding carboxylic acids is 1. The summed E-state index contributed by atoms with van der Waals surface area (Å²) in [5.74, 6) is -0.435. The van der Waals surface area contributed by atoms with Crippen LogP contribution in [-0.2, 0) is 9.53 Å². The number of fused-ring (bicyclic) bond motifs is 2. The Kier molecular flexibility index (Phi) is 6.87. The monoisotopic (exact) mass is 526 g/mol. The Morgan fingerprint density at radius 1 is 1.13 bits per heavy atom. The van der Waals surface area contributed by atoms with Gasteiger partial charge in [0.15, 0.2) is 12.4 Å². The topological polar surface area (TPSA) is 139 Å². The van der Waals surface area contributed by atoms with E-state index < -0.39 is 23.1 Å². The predicted molar refractivity (Wildman–Crippen MR) is 144 cm³/mol. The second-order valence-electron chi connectivity index (χ2n) is 8.74. The summed E-state index contributed by atoms with van der Waals surface area (Å²) in [4.78, 5) is 41.2. The van der Waals surface area contributed by atoms with Crippen molar-refractivity contribution < 1.29 is 23.6 Å². The van der Waals surface area contributed by atoms with E-state index in [0.717, 1.165) is 10.1 Å². The molecule has 5 aromatic rings. The molecule has 0 aliphatic heterocycles. The van der Waals surface area contributed by atoms with Gasteiger partial charge < -0.3 is 13.9 Å². The molecule has 0 saturated heterocycles. The Balaban J connectivity index is 1.62. The van der Waals surface area contributed by atoms with Crippen LogP contribution in [0.3, 0.4) is 0 Å². The van der Waals surface area contributed by atoms with Gasteiger partial charge in [-0.1, -0.05) is 36.4 Å². The van der Waals surface area contributed by atoms with Gasteiger partial charge in [0.25, 0.3) is 5.56 Å². The van der Waals surface area contributed by atoms with Crippen LogP contribution in [0, 0.1) is 10.1 Å². The van der Waals surface area contributed by atoms with E-state index in [1.165, 1.54) is 24.4 Å². The minimum atomic E-state index is -0.687. The molecular formula is C28H22N4O7. The van der Waals surface area contributed by atoms with Gasteiger partial charge >= 0.3 is 11.7 Å². The van der Waals surface area contributed by atoms with Gasteiger partial charge in [0, 0.05) is 17.0 Å². The average Bonchev–Trinajstić information content (AvgIpc) is 3.35. The number of benzene rings is 3. The molecule has 0 aliphatic rings. The molecule has 0 radical (unpaired) electrons. The molecule has 2 heterocycles. The molecule has 0 atom stereocenters. The van der Waals surface area contributed by atoms with E-state index >= 15 is 0 Å². The number of nitrogens with zero attached hydrogens (tertiary/aromatic N) is 4. The second kappa shape index (κ2) is 10.6. The van der Waals surface area contributed by atoms with Gasteiger partial charge in [0.1, 0.15) is 5.58 Å². The van der Waals surface area contributed by atoms with Crippen molar-refractivity contribution in [1.82, 2.24) is 9.66 Å². The maximum Gasteiger partial charge on any atom is 0.344 e. The normalized spacial score (nSPS) is 11.5. The Labute approximate surface area is 221 Å². The molecular weight excluding hydrogens is 504 g/mol. The summed E-state index contributed by atoms with van der Waals surface area (Å²) >= 11 is 0. The Morgan fingerprint density at radius 2 is 1.90 bits per heavy atom. The summed E-state index contributed by atoms with van der Waals surface area (Å²) in [6.45, 7) is 2.80. The molecule has 11 nitrogen and oxygen atoms in total.